The van der Waals surface area contributed by atoms with Crippen LogP contribution in [0.3, 0.4) is 0 Å². The molecule has 1 unspecified atom stereocenters. The molecule has 1 atom stereocenters. The van der Waals surface area contributed by atoms with Crippen molar-refractivity contribution in [2.24, 2.45) is 5.73 Å². The number of nitrogens with zero attached hydrogens (tertiary/aromatic N) is 1. The zero-order valence-corrected chi connectivity index (χ0v) is 8.68. The molecule has 2 N–H and O–H groups in total. The molecule has 0 saturated carbocycles. The largest absolute Gasteiger partial charge is 0.325 e. The Morgan fingerprint density at radius 1 is 1.38 bits per heavy atom. The number of nitrogens with two attached hydrogens (primary N) is 1. The summed E-state index contributed by atoms with van der Waals surface area (Å²) in [6, 6.07) is -0.0136. The van der Waals surface area contributed by atoms with Crippen LogP contribution in [0.4, 0.5) is 0 Å². The highest BCUT2D eigenvalue weighted by Crippen LogP contribution is 2.23. The first kappa shape index (κ1) is 10.5. The summed E-state index contributed by atoms with van der Waals surface area (Å²) >= 11 is 11.7. The highest BCUT2D eigenvalue weighted by Gasteiger charge is 2.01. The maximum absolute atomic E-state index is 5.87. The molecule has 0 fully saturated rings. The number of hydrogen-bond acceptors (Lipinski definition) is 2. The van der Waals surface area contributed by atoms with E-state index in [0.29, 0.717) is 10.0 Å². The lowest BCUT2D eigenvalue weighted by atomic mass is 10.2. The fourth-order valence-corrected chi connectivity index (χ4v) is 1.32. The van der Waals surface area contributed by atoms with Crippen molar-refractivity contribution in [3.63, 3.8) is 0 Å². The summed E-state index contributed by atoms with van der Waals surface area (Å²) in [7, 11) is 0. The molecule has 0 aliphatic carbocycles. The SMILES string of the molecule is CC(N)/C=C/c1c(Cl)cncc1Cl. The molecule has 13 heavy (non-hydrogen) atoms. The predicted octanol–water partition coefficient (Wildman–Crippen LogP) is 2.75. The van der Waals surface area contributed by atoms with Gasteiger partial charge in [0.1, 0.15) is 0 Å². The molecule has 4 heteroatoms. The average Bonchev–Trinajstić information content (AvgIpc) is 2.03. The van der Waals surface area contributed by atoms with Gasteiger partial charge in [0.2, 0.25) is 0 Å². The van der Waals surface area contributed by atoms with Crippen LogP contribution in [0.1, 0.15) is 12.5 Å². The van der Waals surface area contributed by atoms with E-state index in [1.54, 1.807) is 18.5 Å². The van der Waals surface area contributed by atoms with Crippen molar-refractivity contribution in [3.8, 4) is 0 Å². The fourth-order valence-electron chi connectivity index (χ4n) is 0.829. The normalized spacial score (nSPS) is 13.5. The third kappa shape index (κ3) is 2.99. The first-order valence-corrected chi connectivity index (χ1v) is 4.59. The van der Waals surface area contributed by atoms with Crippen LogP contribution in [0.5, 0.6) is 0 Å². The molecule has 2 nitrogen and oxygen atoms in total. The van der Waals surface area contributed by atoms with E-state index in [9.17, 15) is 0 Å². The maximum atomic E-state index is 5.87. The van der Waals surface area contributed by atoms with Crippen molar-refractivity contribution in [1.82, 2.24) is 4.98 Å². The summed E-state index contributed by atoms with van der Waals surface area (Å²) in [6.07, 6.45) is 6.73. The Morgan fingerprint density at radius 3 is 2.38 bits per heavy atom. The van der Waals surface area contributed by atoms with E-state index in [0.717, 1.165) is 5.56 Å². The molecule has 1 aromatic rings. The average molecular weight is 217 g/mol. The summed E-state index contributed by atoms with van der Waals surface area (Å²) in [6.45, 7) is 1.87. The van der Waals surface area contributed by atoms with E-state index in [1.807, 2.05) is 13.0 Å². The number of halogens is 2. The highest BCUT2D eigenvalue weighted by molar-refractivity contribution is 6.36. The fraction of sp³-hybridized carbons (Fsp3) is 0.222. The third-order valence-corrected chi connectivity index (χ3v) is 2.06. The number of rotatable bonds is 2. The van der Waals surface area contributed by atoms with Crippen molar-refractivity contribution in [2.75, 3.05) is 0 Å². The molecular formula is C9H10Cl2N2. The van der Waals surface area contributed by atoms with Gasteiger partial charge in [-0.15, -0.1) is 0 Å². The molecule has 1 heterocycles. The van der Waals surface area contributed by atoms with Crippen LogP contribution in [-0.2, 0) is 0 Å². The molecule has 0 saturated heterocycles. The monoisotopic (exact) mass is 216 g/mol. The zero-order chi connectivity index (χ0) is 9.84. The third-order valence-electron chi connectivity index (χ3n) is 1.46. The Hall–Kier alpha value is -0.570. The zero-order valence-electron chi connectivity index (χ0n) is 7.17. The molecule has 0 aliphatic heterocycles. The van der Waals surface area contributed by atoms with Gasteiger partial charge in [-0.2, -0.15) is 0 Å². The van der Waals surface area contributed by atoms with Crippen molar-refractivity contribution in [3.05, 3.63) is 34.1 Å². The standard InChI is InChI=1S/C9H10Cl2N2/c1-6(12)2-3-7-8(10)4-13-5-9(7)11/h2-6H,12H2,1H3/b3-2+. The Bertz CT molecular complexity index is 301. The van der Waals surface area contributed by atoms with E-state index in [1.165, 1.54) is 0 Å². The van der Waals surface area contributed by atoms with E-state index in [4.69, 9.17) is 28.9 Å². The van der Waals surface area contributed by atoms with Gasteiger partial charge >= 0.3 is 0 Å². The number of hydrogen-bond donors (Lipinski definition) is 1. The predicted molar refractivity (Wildman–Crippen MR) is 56.9 cm³/mol. The summed E-state index contributed by atoms with van der Waals surface area (Å²) in [5.41, 5.74) is 6.31. The molecule has 0 radical (unpaired) electrons. The van der Waals surface area contributed by atoms with Crippen molar-refractivity contribution >= 4 is 29.3 Å². The molecule has 1 aromatic heterocycles. The maximum Gasteiger partial charge on any atom is 0.0676 e. The molecule has 0 spiro atoms. The lowest BCUT2D eigenvalue weighted by Gasteiger charge is -2.00. The van der Waals surface area contributed by atoms with Crippen LogP contribution in [0.15, 0.2) is 18.5 Å². The van der Waals surface area contributed by atoms with Crippen LogP contribution < -0.4 is 5.73 Å². The first-order chi connectivity index (χ1) is 6.11. The minimum atomic E-state index is -0.0136. The lowest BCUT2D eigenvalue weighted by Crippen LogP contribution is -2.09. The number of aromatic nitrogens is 1. The number of pyridine rings is 1. The second-order valence-electron chi connectivity index (χ2n) is 2.74. The second-order valence-corrected chi connectivity index (χ2v) is 3.55. The van der Waals surface area contributed by atoms with Gasteiger partial charge in [-0.05, 0) is 6.92 Å². The molecule has 0 amide bonds. The molecule has 70 valence electrons. The molecule has 0 aromatic carbocycles. The van der Waals surface area contributed by atoms with Gasteiger partial charge in [0.15, 0.2) is 0 Å². The quantitative estimate of drug-likeness (QED) is 0.827. The summed E-state index contributed by atoms with van der Waals surface area (Å²) in [5, 5.41) is 1.06. The smallest absolute Gasteiger partial charge is 0.0676 e. The van der Waals surface area contributed by atoms with Crippen LogP contribution in [0, 0.1) is 0 Å². The highest BCUT2D eigenvalue weighted by atomic mass is 35.5. The molecule has 0 bridgehead atoms. The molecular weight excluding hydrogens is 207 g/mol. The summed E-state index contributed by atoms with van der Waals surface area (Å²) < 4.78 is 0. The van der Waals surface area contributed by atoms with E-state index >= 15 is 0 Å². The van der Waals surface area contributed by atoms with Gasteiger partial charge in [-0.25, -0.2) is 0 Å². The van der Waals surface area contributed by atoms with Crippen molar-refractivity contribution in [2.45, 2.75) is 13.0 Å². The van der Waals surface area contributed by atoms with Crippen LogP contribution in [0.2, 0.25) is 10.0 Å². The van der Waals surface area contributed by atoms with Gasteiger partial charge in [-0.3, -0.25) is 4.98 Å². The second kappa shape index (κ2) is 4.61. The van der Waals surface area contributed by atoms with Gasteiger partial charge in [0, 0.05) is 24.0 Å². The minimum absolute atomic E-state index is 0.0136. The van der Waals surface area contributed by atoms with E-state index < -0.39 is 0 Å². The van der Waals surface area contributed by atoms with E-state index in [2.05, 4.69) is 4.98 Å². The Labute approximate surface area is 87.4 Å². The Kier molecular flexibility index (Phi) is 3.72. The van der Waals surface area contributed by atoms with Gasteiger partial charge in [0.25, 0.3) is 0 Å². The van der Waals surface area contributed by atoms with Crippen molar-refractivity contribution in [1.29, 1.82) is 0 Å². The summed E-state index contributed by atoms with van der Waals surface area (Å²) in [5.74, 6) is 0. The van der Waals surface area contributed by atoms with Crippen LogP contribution in [-0.4, -0.2) is 11.0 Å². The van der Waals surface area contributed by atoms with Gasteiger partial charge in [-0.1, -0.05) is 35.4 Å². The molecule has 0 aliphatic rings. The minimum Gasteiger partial charge on any atom is -0.325 e. The molecule has 1 rings (SSSR count). The Morgan fingerprint density at radius 2 is 1.92 bits per heavy atom. The first-order valence-electron chi connectivity index (χ1n) is 3.84. The van der Waals surface area contributed by atoms with Crippen LogP contribution in [0.25, 0.3) is 6.08 Å². The van der Waals surface area contributed by atoms with Gasteiger partial charge < -0.3 is 5.73 Å². The van der Waals surface area contributed by atoms with E-state index in [-0.39, 0.29) is 6.04 Å². The van der Waals surface area contributed by atoms with Gasteiger partial charge in [0.05, 0.1) is 10.0 Å². The Balaban J connectivity index is 3.00. The van der Waals surface area contributed by atoms with Crippen molar-refractivity contribution < 1.29 is 0 Å². The lowest BCUT2D eigenvalue weighted by molar-refractivity contribution is 0.931. The summed E-state index contributed by atoms with van der Waals surface area (Å²) in [4.78, 5) is 3.84. The topological polar surface area (TPSA) is 38.9 Å². The van der Waals surface area contributed by atoms with Crippen LogP contribution >= 0.6 is 23.2 Å².